The van der Waals surface area contributed by atoms with Gasteiger partial charge >= 0.3 is 6.18 Å². The minimum absolute atomic E-state index is 0.0305. The lowest BCUT2D eigenvalue weighted by Crippen LogP contribution is -2.39. The van der Waals surface area contributed by atoms with Crippen molar-refractivity contribution in [3.8, 4) is 11.4 Å². The molecule has 1 amide bonds. The number of rotatable bonds is 3. The molecular formula is C19H17F4N5O. The van der Waals surface area contributed by atoms with Crippen LogP contribution < -0.4 is 0 Å². The molecule has 0 aliphatic carbocycles. The second-order valence-corrected chi connectivity index (χ2v) is 6.95. The summed E-state index contributed by atoms with van der Waals surface area (Å²) in [6.07, 6.45) is 0.334. The molecule has 3 aromatic heterocycles. The summed E-state index contributed by atoms with van der Waals surface area (Å²) in [5.74, 6) is -1.15. The molecular weight excluding hydrogens is 390 g/mol. The minimum Gasteiger partial charge on any atom is -0.359 e. The highest BCUT2D eigenvalue weighted by atomic mass is 19.4. The number of carbonyl (C=O) groups is 1. The van der Waals surface area contributed by atoms with Crippen molar-refractivity contribution in [2.75, 3.05) is 13.1 Å². The molecule has 1 fully saturated rings. The zero-order valence-corrected chi connectivity index (χ0v) is 15.1. The SMILES string of the molecule is O=C(c1ccncc1F)N1CCC[C@H](c2cc(-c3cc(C(F)(F)F)c[nH]3)n[nH]2)C1. The van der Waals surface area contributed by atoms with Crippen LogP contribution >= 0.6 is 0 Å². The molecule has 0 aromatic carbocycles. The van der Waals surface area contributed by atoms with E-state index < -0.39 is 23.5 Å². The van der Waals surface area contributed by atoms with Crippen LogP contribution in [0.15, 0.2) is 36.8 Å². The van der Waals surface area contributed by atoms with Gasteiger partial charge in [-0.2, -0.15) is 18.3 Å². The summed E-state index contributed by atoms with van der Waals surface area (Å²) >= 11 is 0. The van der Waals surface area contributed by atoms with Crippen LogP contribution in [0.2, 0.25) is 0 Å². The normalized spacial score (nSPS) is 17.5. The van der Waals surface area contributed by atoms with E-state index in [9.17, 15) is 22.4 Å². The third kappa shape index (κ3) is 3.87. The zero-order chi connectivity index (χ0) is 20.6. The predicted octanol–water partition coefficient (Wildman–Crippen LogP) is 3.98. The first kappa shape index (κ1) is 19.2. The van der Waals surface area contributed by atoms with Gasteiger partial charge < -0.3 is 9.88 Å². The first-order valence-corrected chi connectivity index (χ1v) is 9.03. The van der Waals surface area contributed by atoms with Crippen molar-refractivity contribution in [3.63, 3.8) is 0 Å². The lowest BCUT2D eigenvalue weighted by atomic mass is 9.94. The van der Waals surface area contributed by atoms with E-state index in [0.717, 1.165) is 37.0 Å². The molecule has 10 heteroatoms. The maximum Gasteiger partial charge on any atom is 0.417 e. The van der Waals surface area contributed by atoms with E-state index in [1.54, 1.807) is 11.0 Å². The highest BCUT2D eigenvalue weighted by Gasteiger charge is 2.32. The summed E-state index contributed by atoms with van der Waals surface area (Å²) in [7, 11) is 0. The standard InChI is InChI=1S/C19H17F4N5O/c20-14-9-24-4-3-13(14)18(29)28-5-1-2-11(10-28)15-7-17(27-26-15)16-6-12(8-25-16)19(21,22)23/h3-4,6-9,11,25H,1-2,5,10H2,(H,26,27)/t11-/m0/s1. The summed E-state index contributed by atoms with van der Waals surface area (Å²) < 4.78 is 52.2. The molecule has 29 heavy (non-hydrogen) atoms. The monoisotopic (exact) mass is 407 g/mol. The zero-order valence-electron chi connectivity index (χ0n) is 15.1. The van der Waals surface area contributed by atoms with Crippen molar-refractivity contribution in [2.45, 2.75) is 24.9 Å². The maximum absolute atomic E-state index is 13.9. The van der Waals surface area contributed by atoms with Crippen LogP contribution in [-0.2, 0) is 6.18 Å². The number of hydrogen-bond acceptors (Lipinski definition) is 3. The van der Waals surface area contributed by atoms with Gasteiger partial charge in [-0.25, -0.2) is 4.39 Å². The number of nitrogens with one attached hydrogen (secondary N) is 2. The first-order chi connectivity index (χ1) is 13.8. The molecule has 0 saturated carbocycles. The highest BCUT2D eigenvalue weighted by Crippen LogP contribution is 2.33. The quantitative estimate of drug-likeness (QED) is 0.645. The number of likely N-dealkylation sites (tertiary alicyclic amines) is 1. The highest BCUT2D eigenvalue weighted by molar-refractivity contribution is 5.94. The van der Waals surface area contributed by atoms with E-state index in [2.05, 4.69) is 20.2 Å². The van der Waals surface area contributed by atoms with Crippen LogP contribution in [0.3, 0.4) is 0 Å². The minimum atomic E-state index is -4.43. The first-order valence-electron chi connectivity index (χ1n) is 9.03. The fraction of sp³-hybridized carbons (Fsp3) is 0.316. The number of alkyl halides is 3. The van der Waals surface area contributed by atoms with Gasteiger partial charge in [0.25, 0.3) is 5.91 Å². The van der Waals surface area contributed by atoms with Crippen molar-refractivity contribution < 1.29 is 22.4 Å². The van der Waals surface area contributed by atoms with E-state index in [1.807, 2.05) is 0 Å². The number of carbonyl (C=O) groups excluding carboxylic acids is 1. The summed E-state index contributed by atoms with van der Waals surface area (Å²) in [5, 5.41) is 6.96. The Labute approximate surface area is 163 Å². The van der Waals surface area contributed by atoms with Gasteiger partial charge in [-0.05, 0) is 31.0 Å². The Morgan fingerprint density at radius 3 is 2.83 bits per heavy atom. The van der Waals surface area contributed by atoms with Crippen LogP contribution in [0.4, 0.5) is 17.6 Å². The largest absolute Gasteiger partial charge is 0.417 e. The maximum atomic E-state index is 13.9. The number of halogens is 4. The van der Waals surface area contributed by atoms with E-state index in [-0.39, 0.29) is 17.2 Å². The number of aromatic amines is 2. The van der Waals surface area contributed by atoms with Crippen LogP contribution in [0, 0.1) is 5.82 Å². The molecule has 3 aromatic rings. The van der Waals surface area contributed by atoms with Crippen LogP contribution in [-0.4, -0.2) is 44.1 Å². The lowest BCUT2D eigenvalue weighted by molar-refractivity contribution is -0.137. The molecule has 0 unspecified atom stereocenters. The Morgan fingerprint density at radius 2 is 2.10 bits per heavy atom. The fourth-order valence-electron chi connectivity index (χ4n) is 3.52. The molecule has 4 heterocycles. The van der Waals surface area contributed by atoms with Gasteiger partial charge in [0.15, 0.2) is 5.82 Å². The van der Waals surface area contributed by atoms with Crippen molar-refractivity contribution in [2.24, 2.45) is 0 Å². The number of H-pyrrole nitrogens is 2. The topological polar surface area (TPSA) is 77.7 Å². The van der Waals surface area contributed by atoms with Crippen molar-refractivity contribution in [1.29, 1.82) is 0 Å². The molecule has 0 spiro atoms. The Balaban J connectivity index is 1.50. The second kappa shape index (κ2) is 7.34. The Kier molecular flexibility index (Phi) is 4.85. The third-order valence-corrected chi connectivity index (χ3v) is 5.04. The van der Waals surface area contributed by atoms with Crippen molar-refractivity contribution >= 4 is 5.91 Å². The van der Waals surface area contributed by atoms with Gasteiger partial charge in [0, 0.05) is 37.1 Å². The number of aromatic nitrogens is 4. The van der Waals surface area contributed by atoms with E-state index in [1.165, 1.54) is 12.3 Å². The number of hydrogen-bond donors (Lipinski definition) is 2. The predicted molar refractivity (Wildman–Crippen MR) is 95.4 cm³/mol. The Bertz CT molecular complexity index is 1030. The average molecular weight is 407 g/mol. The van der Waals surface area contributed by atoms with Crippen LogP contribution in [0.1, 0.15) is 40.4 Å². The van der Waals surface area contributed by atoms with Gasteiger partial charge in [-0.15, -0.1) is 0 Å². The number of amides is 1. The molecule has 0 bridgehead atoms. The summed E-state index contributed by atoms with van der Waals surface area (Å²) in [5.41, 5.74) is 0.528. The molecule has 4 rings (SSSR count). The van der Waals surface area contributed by atoms with Crippen LogP contribution in [0.25, 0.3) is 11.4 Å². The van der Waals surface area contributed by atoms with E-state index in [4.69, 9.17) is 0 Å². The third-order valence-electron chi connectivity index (χ3n) is 5.04. The van der Waals surface area contributed by atoms with Crippen molar-refractivity contribution in [3.05, 3.63) is 59.4 Å². The van der Waals surface area contributed by atoms with Crippen molar-refractivity contribution in [1.82, 2.24) is 25.1 Å². The van der Waals surface area contributed by atoms with Gasteiger partial charge in [-0.1, -0.05) is 0 Å². The number of pyridine rings is 1. The summed E-state index contributed by atoms with van der Waals surface area (Å²) in [4.78, 5) is 20.5. The Morgan fingerprint density at radius 1 is 1.28 bits per heavy atom. The molecule has 152 valence electrons. The lowest BCUT2D eigenvalue weighted by Gasteiger charge is -2.32. The molecule has 0 radical (unpaired) electrons. The molecule has 1 aliphatic rings. The summed E-state index contributed by atoms with van der Waals surface area (Å²) in [6, 6.07) is 4.03. The molecule has 1 aliphatic heterocycles. The van der Waals surface area contributed by atoms with Crippen LogP contribution in [0.5, 0.6) is 0 Å². The average Bonchev–Trinajstić information content (AvgIpc) is 3.37. The van der Waals surface area contributed by atoms with E-state index in [0.29, 0.717) is 18.8 Å². The van der Waals surface area contributed by atoms with Gasteiger partial charge in [0.1, 0.15) is 5.69 Å². The Hall–Kier alpha value is -3.17. The van der Waals surface area contributed by atoms with E-state index >= 15 is 0 Å². The molecule has 1 saturated heterocycles. The molecule has 1 atom stereocenters. The van der Waals surface area contributed by atoms with Gasteiger partial charge in [0.2, 0.25) is 0 Å². The number of piperidine rings is 1. The fourth-order valence-corrected chi connectivity index (χ4v) is 3.52. The number of nitrogens with zero attached hydrogens (tertiary/aromatic N) is 3. The molecule has 6 nitrogen and oxygen atoms in total. The van der Waals surface area contributed by atoms with Gasteiger partial charge in [0.05, 0.1) is 23.0 Å². The van der Waals surface area contributed by atoms with Gasteiger partial charge in [-0.3, -0.25) is 14.9 Å². The second-order valence-electron chi connectivity index (χ2n) is 6.95. The molecule has 2 N–H and O–H groups in total. The summed E-state index contributed by atoms with van der Waals surface area (Å²) in [6.45, 7) is 0.865. The smallest absolute Gasteiger partial charge is 0.359 e.